The zero-order valence-corrected chi connectivity index (χ0v) is 25.0. The molecule has 0 saturated carbocycles. The van der Waals surface area contributed by atoms with Gasteiger partial charge in [0.25, 0.3) is 0 Å². The maximum atomic E-state index is 6.46. The molecule has 9 aromatic rings. The first-order valence-corrected chi connectivity index (χ1v) is 15.5. The lowest BCUT2D eigenvalue weighted by atomic mass is 10.00. The minimum Gasteiger partial charge on any atom is -0.435 e. The van der Waals surface area contributed by atoms with Crippen molar-refractivity contribution in [3.05, 3.63) is 170 Å². The van der Waals surface area contributed by atoms with Crippen molar-refractivity contribution in [3.8, 4) is 22.6 Å². The lowest BCUT2D eigenvalue weighted by Crippen LogP contribution is -2.10. The Kier molecular flexibility index (Phi) is 6.14. The van der Waals surface area contributed by atoms with E-state index in [1.54, 1.807) is 0 Å². The second kappa shape index (κ2) is 10.8. The highest BCUT2D eigenvalue weighted by molar-refractivity contribution is 6.18. The molecule has 46 heavy (non-hydrogen) atoms. The summed E-state index contributed by atoms with van der Waals surface area (Å²) in [6, 6.07) is 60.0. The minimum absolute atomic E-state index is 0.637. The van der Waals surface area contributed by atoms with E-state index in [0.29, 0.717) is 5.89 Å². The largest absolute Gasteiger partial charge is 0.435 e. The van der Waals surface area contributed by atoms with Gasteiger partial charge in [0.1, 0.15) is 5.52 Å². The van der Waals surface area contributed by atoms with Gasteiger partial charge in [-0.2, -0.15) is 0 Å². The van der Waals surface area contributed by atoms with Gasteiger partial charge in [-0.1, -0.05) is 115 Å². The smallest absolute Gasteiger partial charge is 0.227 e. The molecule has 0 aliphatic heterocycles. The zero-order chi connectivity index (χ0) is 30.5. The SMILES string of the molecule is c1ccc(-c2ccc(N(c3ccc4ccccc4c3)c3ccc4c(ccc5ccc6nc(-c7ccccc7)oc6c54)c3)cc2)cc1. The molecule has 1 heterocycles. The third-order valence-corrected chi connectivity index (χ3v) is 8.84. The number of aromatic nitrogens is 1. The Hall–Kier alpha value is -6.19. The van der Waals surface area contributed by atoms with E-state index in [4.69, 9.17) is 9.40 Å². The van der Waals surface area contributed by atoms with Crippen LogP contribution in [0, 0.1) is 0 Å². The summed E-state index contributed by atoms with van der Waals surface area (Å²) >= 11 is 0. The fourth-order valence-corrected chi connectivity index (χ4v) is 6.56. The molecule has 0 aliphatic carbocycles. The first-order chi connectivity index (χ1) is 22.8. The van der Waals surface area contributed by atoms with E-state index >= 15 is 0 Å². The van der Waals surface area contributed by atoms with Crippen LogP contribution in [0.15, 0.2) is 174 Å². The fourth-order valence-electron chi connectivity index (χ4n) is 6.56. The second-order valence-corrected chi connectivity index (χ2v) is 11.6. The Morgan fingerprint density at radius 3 is 1.76 bits per heavy atom. The Morgan fingerprint density at radius 2 is 0.978 bits per heavy atom. The lowest BCUT2D eigenvalue weighted by Gasteiger charge is -2.26. The van der Waals surface area contributed by atoms with E-state index in [2.05, 4.69) is 138 Å². The van der Waals surface area contributed by atoms with Gasteiger partial charge in [-0.15, -0.1) is 0 Å². The van der Waals surface area contributed by atoms with Crippen molar-refractivity contribution in [2.45, 2.75) is 0 Å². The molecule has 3 heteroatoms. The third-order valence-electron chi connectivity index (χ3n) is 8.84. The van der Waals surface area contributed by atoms with Crippen LogP contribution in [0.4, 0.5) is 17.1 Å². The van der Waals surface area contributed by atoms with Crippen molar-refractivity contribution in [2.75, 3.05) is 4.90 Å². The Morgan fingerprint density at radius 1 is 0.413 bits per heavy atom. The van der Waals surface area contributed by atoms with Crippen LogP contribution in [0.2, 0.25) is 0 Å². The summed E-state index contributed by atoms with van der Waals surface area (Å²) in [4.78, 5) is 7.18. The van der Waals surface area contributed by atoms with E-state index in [1.807, 2.05) is 36.4 Å². The molecule has 0 atom stereocenters. The van der Waals surface area contributed by atoms with E-state index < -0.39 is 0 Å². The van der Waals surface area contributed by atoms with Crippen molar-refractivity contribution >= 4 is 60.5 Å². The van der Waals surface area contributed by atoms with E-state index in [1.165, 1.54) is 21.9 Å². The predicted octanol–water partition coefficient (Wildman–Crippen LogP) is 12.1. The highest BCUT2D eigenvalue weighted by Gasteiger charge is 2.17. The Labute approximate surface area is 266 Å². The molecule has 0 bridgehead atoms. The third kappa shape index (κ3) is 4.49. The normalized spacial score (nSPS) is 11.5. The Balaban J connectivity index is 1.21. The van der Waals surface area contributed by atoms with Gasteiger partial charge in [0.2, 0.25) is 5.89 Å². The van der Waals surface area contributed by atoms with Crippen LogP contribution in [0.5, 0.6) is 0 Å². The van der Waals surface area contributed by atoms with Crippen molar-refractivity contribution in [1.82, 2.24) is 4.98 Å². The van der Waals surface area contributed by atoms with Crippen molar-refractivity contribution in [1.29, 1.82) is 0 Å². The molecule has 0 spiro atoms. The van der Waals surface area contributed by atoms with Gasteiger partial charge < -0.3 is 9.32 Å². The molecule has 216 valence electrons. The molecule has 1 aromatic heterocycles. The molecule has 0 amide bonds. The molecule has 0 saturated heterocycles. The highest BCUT2D eigenvalue weighted by atomic mass is 16.3. The number of fused-ring (bicyclic) bond motifs is 6. The average molecular weight is 589 g/mol. The first kappa shape index (κ1) is 26.2. The summed E-state index contributed by atoms with van der Waals surface area (Å²) in [7, 11) is 0. The van der Waals surface area contributed by atoms with E-state index in [-0.39, 0.29) is 0 Å². The molecule has 0 fully saturated rings. The van der Waals surface area contributed by atoms with Crippen LogP contribution in [0.25, 0.3) is 66.0 Å². The van der Waals surface area contributed by atoms with Gasteiger partial charge in [0.15, 0.2) is 5.58 Å². The van der Waals surface area contributed by atoms with Gasteiger partial charge in [0, 0.05) is 28.0 Å². The summed E-state index contributed by atoms with van der Waals surface area (Å²) in [5, 5.41) is 6.93. The van der Waals surface area contributed by atoms with Crippen LogP contribution in [-0.4, -0.2) is 4.98 Å². The minimum atomic E-state index is 0.637. The van der Waals surface area contributed by atoms with E-state index in [0.717, 1.165) is 55.3 Å². The summed E-state index contributed by atoms with van der Waals surface area (Å²) in [6.45, 7) is 0. The van der Waals surface area contributed by atoms with Gasteiger partial charge in [0.05, 0.1) is 0 Å². The summed E-state index contributed by atoms with van der Waals surface area (Å²) in [6.07, 6.45) is 0. The molecule has 0 N–H and O–H groups in total. The average Bonchev–Trinajstić information content (AvgIpc) is 3.57. The molecule has 0 unspecified atom stereocenters. The number of anilines is 3. The Bertz CT molecular complexity index is 2520. The summed E-state index contributed by atoms with van der Waals surface area (Å²) in [5.74, 6) is 0.637. The maximum Gasteiger partial charge on any atom is 0.227 e. The molecule has 3 nitrogen and oxygen atoms in total. The topological polar surface area (TPSA) is 29.3 Å². The van der Waals surface area contributed by atoms with E-state index in [9.17, 15) is 0 Å². The standard InChI is InChI=1S/C43H28N2O/c1-3-9-29(10-4-1)31-17-21-36(22-18-31)45(37-23-19-30-11-7-8-14-34(30)27-37)38-24-25-39-35(28-38)16-15-32-20-26-40-42(41(32)39)46-43(44-40)33-12-5-2-6-13-33/h1-28H. The van der Waals surface area contributed by atoms with Crippen LogP contribution in [0.3, 0.4) is 0 Å². The van der Waals surface area contributed by atoms with Crippen LogP contribution < -0.4 is 4.90 Å². The molecular formula is C43H28N2O. The lowest BCUT2D eigenvalue weighted by molar-refractivity contribution is 0.623. The van der Waals surface area contributed by atoms with Crippen molar-refractivity contribution < 1.29 is 4.42 Å². The molecular weight excluding hydrogens is 560 g/mol. The number of rotatable bonds is 5. The van der Waals surface area contributed by atoms with Crippen LogP contribution >= 0.6 is 0 Å². The molecule has 0 aliphatic rings. The predicted molar refractivity (Wildman–Crippen MR) is 192 cm³/mol. The van der Waals surface area contributed by atoms with Gasteiger partial charge >= 0.3 is 0 Å². The molecule has 0 radical (unpaired) electrons. The van der Waals surface area contributed by atoms with Gasteiger partial charge in [-0.3, -0.25) is 0 Å². The van der Waals surface area contributed by atoms with Crippen LogP contribution in [0.1, 0.15) is 0 Å². The number of hydrogen-bond donors (Lipinski definition) is 0. The van der Waals surface area contributed by atoms with Gasteiger partial charge in [-0.05, 0) is 92.7 Å². The molecule has 9 rings (SSSR count). The number of oxazole rings is 1. The zero-order valence-electron chi connectivity index (χ0n) is 25.0. The monoisotopic (exact) mass is 588 g/mol. The molecule has 8 aromatic carbocycles. The van der Waals surface area contributed by atoms with Crippen LogP contribution in [-0.2, 0) is 0 Å². The fraction of sp³-hybridized carbons (Fsp3) is 0. The summed E-state index contributed by atoms with van der Waals surface area (Å²) < 4.78 is 6.46. The highest BCUT2D eigenvalue weighted by Crippen LogP contribution is 2.41. The van der Waals surface area contributed by atoms with Crippen molar-refractivity contribution in [3.63, 3.8) is 0 Å². The first-order valence-electron chi connectivity index (χ1n) is 15.5. The number of hydrogen-bond acceptors (Lipinski definition) is 3. The summed E-state index contributed by atoms with van der Waals surface area (Å²) in [5.41, 5.74) is 8.34. The number of nitrogens with zero attached hydrogens (tertiary/aromatic N) is 2. The quantitative estimate of drug-likeness (QED) is 0.187. The second-order valence-electron chi connectivity index (χ2n) is 11.6. The van der Waals surface area contributed by atoms with Gasteiger partial charge in [-0.25, -0.2) is 4.98 Å². The maximum absolute atomic E-state index is 6.46. The van der Waals surface area contributed by atoms with Crippen molar-refractivity contribution in [2.24, 2.45) is 0 Å². The number of benzene rings is 8.